The SMILES string of the molecule is Cc1csc2c(N3CCC(CNC(C)C)CC3)ncnc12. The highest BCUT2D eigenvalue weighted by atomic mass is 32.1. The normalized spacial score (nSPS) is 17.0. The van der Waals surface area contributed by atoms with Crippen molar-refractivity contribution < 1.29 is 0 Å². The molecule has 0 atom stereocenters. The van der Waals surface area contributed by atoms with Gasteiger partial charge in [0, 0.05) is 19.1 Å². The van der Waals surface area contributed by atoms with E-state index < -0.39 is 0 Å². The van der Waals surface area contributed by atoms with Crippen molar-refractivity contribution in [2.75, 3.05) is 24.5 Å². The molecule has 21 heavy (non-hydrogen) atoms. The summed E-state index contributed by atoms with van der Waals surface area (Å²) in [6.45, 7) is 9.90. The van der Waals surface area contributed by atoms with Crippen LogP contribution in [0.25, 0.3) is 10.2 Å². The maximum absolute atomic E-state index is 4.55. The van der Waals surface area contributed by atoms with Gasteiger partial charge in [-0.05, 0) is 43.2 Å². The second-order valence-electron chi connectivity index (χ2n) is 6.29. The van der Waals surface area contributed by atoms with E-state index >= 15 is 0 Å². The summed E-state index contributed by atoms with van der Waals surface area (Å²) >= 11 is 1.77. The van der Waals surface area contributed by atoms with Crippen LogP contribution in [0.15, 0.2) is 11.7 Å². The molecular formula is C16H24N4S. The molecule has 3 rings (SSSR count). The lowest BCUT2D eigenvalue weighted by molar-refractivity contribution is 0.370. The van der Waals surface area contributed by atoms with E-state index in [0.717, 1.165) is 36.9 Å². The van der Waals surface area contributed by atoms with E-state index in [-0.39, 0.29) is 0 Å². The molecule has 0 aliphatic carbocycles. The van der Waals surface area contributed by atoms with E-state index in [2.05, 4.69) is 46.3 Å². The zero-order valence-corrected chi connectivity index (χ0v) is 13.9. The highest BCUT2D eigenvalue weighted by Crippen LogP contribution is 2.32. The average Bonchev–Trinajstić information content (AvgIpc) is 2.87. The van der Waals surface area contributed by atoms with Crippen molar-refractivity contribution >= 4 is 27.4 Å². The zero-order valence-electron chi connectivity index (χ0n) is 13.1. The third-order valence-electron chi connectivity index (χ3n) is 4.24. The van der Waals surface area contributed by atoms with Gasteiger partial charge in [0.1, 0.15) is 12.1 Å². The molecule has 5 heteroatoms. The monoisotopic (exact) mass is 304 g/mol. The molecular weight excluding hydrogens is 280 g/mol. The van der Waals surface area contributed by atoms with Crippen LogP contribution in [0.3, 0.4) is 0 Å². The quantitative estimate of drug-likeness (QED) is 0.941. The average molecular weight is 304 g/mol. The lowest BCUT2D eigenvalue weighted by Crippen LogP contribution is -2.39. The molecule has 0 saturated carbocycles. The van der Waals surface area contributed by atoms with Crippen molar-refractivity contribution in [3.05, 3.63) is 17.3 Å². The van der Waals surface area contributed by atoms with E-state index in [1.54, 1.807) is 17.7 Å². The first-order valence-electron chi connectivity index (χ1n) is 7.82. The minimum atomic E-state index is 0.582. The van der Waals surface area contributed by atoms with E-state index in [1.807, 2.05) is 0 Å². The molecule has 1 aliphatic rings. The number of nitrogens with zero attached hydrogens (tertiary/aromatic N) is 3. The number of piperidine rings is 1. The Labute approximate surface area is 130 Å². The predicted molar refractivity (Wildman–Crippen MR) is 90.2 cm³/mol. The Kier molecular flexibility index (Phi) is 4.40. The number of rotatable bonds is 4. The minimum absolute atomic E-state index is 0.582. The fourth-order valence-corrected chi connectivity index (χ4v) is 3.95. The van der Waals surface area contributed by atoms with Crippen LogP contribution in [-0.2, 0) is 0 Å². The third-order valence-corrected chi connectivity index (χ3v) is 5.32. The molecule has 0 aromatic carbocycles. The second kappa shape index (κ2) is 6.28. The zero-order chi connectivity index (χ0) is 14.8. The van der Waals surface area contributed by atoms with Gasteiger partial charge in [0.25, 0.3) is 0 Å². The van der Waals surface area contributed by atoms with Gasteiger partial charge in [-0.1, -0.05) is 13.8 Å². The maximum Gasteiger partial charge on any atom is 0.150 e. The molecule has 1 saturated heterocycles. The lowest BCUT2D eigenvalue weighted by atomic mass is 9.96. The van der Waals surface area contributed by atoms with Crippen LogP contribution >= 0.6 is 11.3 Å². The lowest BCUT2D eigenvalue weighted by Gasteiger charge is -2.33. The fraction of sp³-hybridized carbons (Fsp3) is 0.625. The van der Waals surface area contributed by atoms with Crippen molar-refractivity contribution in [2.24, 2.45) is 5.92 Å². The summed E-state index contributed by atoms with van der Waals surface area (Å²) in [7, 11) is 0. The molecule has 0 bridgehead atoms. The summed E-state index contributed by atoms with van der Waals surface area (Å²) in [4.78, 5) is 11.4. The van der Waals surface area contributed by atoms with Gasteiger partial charge in [-0.2, -0.15) is 0 Å². The summed E-state index contributed by atoms with van der Waals surface area (Å²) in [5.74, 6) is 1.93. The standard InChI is InChI=1S/C16H24N4S/c1-11(2)17-8-13-4-6-20(7-5-13)16-15-14(18-10-19-16)12(3)9-21-15/h9-11,13,17H,4-8H2,1-3H3. The third kappa shape index (κ3) is 3.19. The van der Waals surface area contributed by atoms with Crippen molar-refractivity contribution in [2.45, 2.75) is 39.7 Å². The first kappa shape index (κ1) is 14.7. The van der Waals surface area contributed by atoms with E-state index in [9.17, 15) is 0 Å². The number of nitrogens with one attached hydrogen (secondary N) is 1. The van der Waals surface area contributed by atoms with Gasteiger partial charge in [0.2, 0.25) is 0 Å². The van der Waals surface area contributed by atoms with Crippen LogP contribution in [0, 0.1) is 12.8 Å². The summed E-state index contributed by atoms with van der Waals surface area (Å²) in [5.41, 5.74) is 2.38. The first-order chi connectivity index (χ1) is 10.1. The van der Waals surface area contributed by atoms with Crippen molar-refractivity contribution in [1.82, 2.24) is 15.3 Å². The Bertz CT molecular complexity index is 599. The summed E-state index contributed by atoms with van der Waals surface area (Å²) in [6, 6.07) is 0.582. The molecule has 3 heterocycles. The fourth-order valence-electron chi connectivity index (χ4n) is 2.93. The van der Waals surface area contributed by atoms with E-state index in [1.165, 1.54) is 23.1 Å². The van der Waals surface area contributed by atoms with Crippen LogP contribution in [-0.4, -0.2) is 35.6 Å². The number of aryl methyl sites for hydroxylation is 1. The largest absolute Gasteiger partial charge is 0.355 e. The molecule has 1 aliphatic heterocycles. The van der Waals surface area contributed by atoms with Gasteiger partial charge in [-0.15, -0.1) is 11.3 Å². The predicted octanol–water partition coefficient (Wildman–Crippen LogP) is 3.21. The van der Waals surface area contributed by atoms with Gasteiger partial charge in [-0.25, -0.2) is 9.97 Å². The van der Waals surface area contributed by atoms with Crippen LogP contribution in [0.5, 0.6) is 0 Å². The number of hydrogen-bond donors (Lipinski definition) is 1. The summed E-state index contributed by atoms with van der Waals surface area (Å²) in [5, 5.41) is 5.74. The second-order valence-corrected chi connectivity index (χ2v) is 7.17. The summed E-state index contributed by atoms with van der Waals surface area (Å²) < 4.78 is 1.24. The Morgan fingerprint density at radius 3 is 2.81 bits per heavy atom. The molecule has 1 fully saturated rings. The Hall–Kier alpha value is -1.20. The topological polar surface area (TPSA) is 41.0 Å². The number of anilines is 1. The van der Waals surface area contributed by atoms with E-state index in [4.69, 9.17) is 0 Å². The molecule has 2 aromatic rings. The Balaban J connectivity index is 1.68. The van der Waals surface area contributed by atoms with Crippen molar-refractivity contribution in [1.29, 1.82) is 0 Å². The molecule has 2 aromatic heterocycles. The number of hydrogen-bond acceptors (Lipinski definition) is 5. The highest BCUT2D eigenvalue weighted by molar-refractivity contribution is 7.18. The maximum atomic E-state index is 4.55. The molecule has 0 radical (unpaired) electrons. The van der Waals surface area contributed by atoms with Crippen molar-refractivity contribution in [3.8, 4) is 0 Å². The van der Waals surface area contributed by atoms with Gasteiger partial charge in [-0.3, -0.25) is 0 Å². The Morgan fingerprint density at radius 1 is 1.33 bits per heavy atom. The van der Waals surface area contributed by atoms with Crippen LogP contribution in [0.2, 0.25) is 0 Å². The van der Waals surface area contributed by atoms with Crippen LogP contribution in [0.1, 0.15) is 32.3 Å². The first-order valence-corrected chi connectivity index (χ1v) is 8.70. The van der Waals surface area contributed by atoms with Gasteiger partial charge in [0.05, 0.1) is 10.2 Å². The van der Waals surface area contributed by atoms with Crippen LogP contribution in [0.4, 0.5) is 5.82 Å². The molecule has 4 nitrogen and oxygen atoms in total. The number of fused-ring (bicyclic) bond motifs is 1. The molecule has 0 spiro atoms. The highest BCUT2D eigenvalue weighted by Gasteiger charge is 2.22. The number of aromatic nitrogens is 2. The molecule has 1 N–H and O–H groups in total. The smallest absolute Gasteiger partial charge is 0.150 e. The van der Waals surface area contributed by atoms with Gasteiger partial charge >= 0.3 is 0 Å². The van der Waals surface area contributed by atoms with Crippen LogP contribution < -0.4 is 10.2 Å². The minimum Gasteiger partial charge on any atom is -0.355 e. The molecule has 0 amide bonds. The van der Waals surface area contributed by atoms with E-state index in [0.29, 0.717) is 6.04 Å². The van der Waals surface area contributed by atoms with Gasteiger partial charge in [0.15, 0.2) is 0 Å². The molecule has 0 unspecified atom stereocenters. The summed E-state index contributed by atoms with van der Waals surface area (Å²) in [6.07, 6.45) is 4.20. The molecule has 114 valence electrons. The number of thiophene rings is 1. The van der Waals surface area contributed by atoms with Gasteiger partial charge < -0.3 is 10.2 Å². The van der Waals surface area contributed by atoms with Crippen molar-refractivity contribution in [3.63, 3.8) is 0 Å². The Morgan fingerprint density at radius 2 is 2.10 bits per heavy atom.